The van der Waals surface area contributed by atoms with Crippen LogP contribution < -0.4 is 10.2 Å². The van der Waals surface area contributed by atoms with Gasteiger partial charge in [-0.15, -0.1) is 0 Å². The van der Waals surface area contributed by atoms with Crippen LogP contribution in [0.5, 0.6) is 0 Å². The number of nitrogens with zero attached hydrogens (tertiary/aromatic N) is 2. The fourth-order valence-electron chi connectivity index (χ4n) is 2.85. The molecule has 1 N–H and O–H groups in total. The molecule has 0 aliphatic carbocycles. The van der Waals surface area contributed by atoms with Gasteiger partial charge in [-0.25, -0.2) is 4.39 Å². The van der Waals surface area contributed by atoms with E-state index in [2.05, 4.69) is 29.0 Å². The van der Waals surface area contributed by atoms with E-state index in [4.69, 9.17) is 0 Å². The largest absolute Gasteiger partial charge is 0.367 e. The first-order chi connectivity index (χ1) is 10.2. The third-order valence-corrected chi connectivity index (χ3v) is 4.02. The quantitative estimate of drug-likeness (QED) is 0.780. The predicted octanol–water partition coefficient (Wildman–Crippen LogP) is 2.86. The van der Waals surface area contributed by atoms with Crippen molar-refractivity contribution in [2.75, 3.05) is 44.2 Å². The average Bonchev–Trinajstić information content (AvgIpc) is 2.49. The van der Waals surface area contributed by atoms with Gasteiger partial charge in [0.15, 0.2) is 0 Å². The maximum absolute atomic E-state index is 14.3. The van der Waals surface area contributed by atoms with E-state index in [1.807, 2.05) is 12.1 Å². The van der Waals surface area contributed by atoms with Crippen LogP contribution in [0.25, 0.3) is 0 Å². The summed E-state index contributed by atoms with van der Waals surface area (Å²) in [5.74, 6) is -0.0882. The second kappa shape index (κ2) is 8.35. The first-order valence-electron chi connectivity index (χ1n) is 8.21. The van der Waals surface area contributed by atoms with Crippen LogP contribution in [0.3, 0.4) is 0 Å². The molecule has 1 fully saturated rings. The number of hydrogen-bond donors (Lipinski definition) is 1. The molecule has 2 rings (SSSR count). The van der Waals surface area contributed by atoms with Gasteiger partial charge in [-0.3, -0.25) is 4.90 Å². The van der Waals surface area contributed by atoms with E-state index in [9.17, 15) is 4.39 Å². The van der Waals surface area contributed by atoms with Crippen molar-refractivity contribution in [3.63, 3.8) is 0 Å². The number of rotatable bonds is 7. The lowest BCUT2D eigenvalue weighted by atomic mass is 10.1. The fraction of sp³-hybridized carbons (Fsp3) is 0.647. The van der Waals surface area contributed by atoms with E-state index in [0.717, 1.165) is 63.5 Å². The molecule has 0 unspecified atom stereocenters. The lowest BCUT2D eigenvalue weighted by molar-refractivity contribution is 0.258. The molecule has 1 heterocycles. The van der Waals surface area contributed by atoms with Crippen LogP contribution >= 0.6 is 0 Å². The van der Waals surface area contributed by atoms with E-state index in [0.29, 0.717) is 0 Å². The topological polar surface area (TPSA) is 18.5 Å². The predicted molar refractivity (Wildman–Crippen MR) is 87.3 cm³/mol. The lowest BCUT2D eigenvalue weighted by Crippen LogP contribution is -2.46. The second-order valence-electron chi connectivity index (χ2n) is 5.79. The van der Waals surface area contributed by atoms with E-state index >= 15 is 0 Å². The number of piperazine rings is 1. The molecular weight excluding hydrogens is 265 g/mol. The molecule has 118 valence electrons. The fourth-order valence-corrected chi connectivity index (χ4v) is 2.85. The van der Waals surface area contributed by atoms with E-state index in [1.165, 1.54) is 6.42 Å². The normalized spacial score (nSPS) is 16.4. The van der Waals surface area contributed by atoms with Crippen LogP contribution in [0.15, 0.2) is 18.2 Å². The highest BCUT2D eigenvalue weighted by Crippen LogP contribution is 2.22. The maximum atomic E-state index is 14.3. The monoisotopic (exact) mass is 293 g/mol. The van der Waals surface area contributed by atoms with Crippen molar-refractivity contribution >= 4 is 5.69 Å². The zero-order valence-electron chi connectivity index (χ0n) is 13.4. The van der Waals surface area contributed by atoms with Crippen molar-refractivity contribution in [3.05, 3.63) is 29.6 Å². The number of benzene rings is 1. The molecule has 1 aromatic carbocycles. The first-order valence-corrected chi connectivity index (χ1v) is 8.21. The Hall–Kier alpha value is -1.13. The summed E-state index contributed by atoms with van der Waals surface area (Å²) in [7, 11) is 0. The molecule has 0 spiro atoms. The molecule has 4 heteroatoms. The molecule has 0 amide bonds. The first kappa shape index (κ1) is 16.2. The molecule has 0 radical (unpaired) electrons. The van der Waals surface area contributed by atoms with Crippen LogP contribution in [-0.2, 0) is 6.54 Å². The highest BCUT2D eigenvalue weighted by molar-refractivity contribution is 5.49. The third kappa shape index (κ3) is 4.68. The third-order valence-electron chi connectivity index (χ3n) is 4.02. The van der Waals surface area contributed by atoms with Crippen LogP contribution in [0.4, 0.5) is 10.1 Å². The van der Waals surface area contributed by atoms with Gasteiger partial charge >= 0.3 is 0 Å². The van der Waals surface area contributed by atoms with Crippen molar-refractivity contribution in [3.8, 4) is 0 Å². The Morgan fingerprint density at radius 2 is 1.86 bits per heavy atom. The Morgan fingerprint density at radius 1 is 1.10 bits per heavy atom. The van der Waals surface area contributed by atoms with Gasteiger partial charge in [0.25, 0.3) is 0 Å². The summed E-state index contributed by atoms with van der Waals surface area (Å²) >= 11 is 0. The van der Waals surface area contributed by atoms with Crippen molar-refractivity contribution in [1.29, 1.82) is 0 Å². The summed E-state index contributed by atoms with van der Waals surface area (Å²) in [4.78, 5) is 4.63. The Bertz CT molecular complexity index is 428. The average molecular weight is 293 g/mol. The number of halogens is 1. The van der Waals surface area contributed by atoms with Crippen LogP contribution in [0.1, 0.15) is 32.3 Å². The van der Waals surface area contributed by atoms with Gasteiger partial charge < -0.3 is 10.2 Å². The standard InChI is InChI=1S/C17H28FN3/c1-3-7-19-14-15-5-6-17(16(18)13-15)21-11-9-20(8-4-2)10-12-21/h5-6,13,19H,3-4,7-12,14H2,1-2H3. The van der Waals surface area contributed by atoms with Crippen molar-refractivity contribution in [2.45, 2.75) is 33.2 Å². The molecule has 3 nitrogen and oxygen atoms in total. The Labute approximate surface area is 128 Å². The SMILES string of the molecule is CCCNCc1ccc(N2CCN(CCC)CC2)c(F)c1. The summed E-state index contributed by atoms with van der Waals surface area (Å²) in [5, 5.41) is 3.31. The minimum atomic E-state index is -0.0882. The molecule has 0 saturated carbocycles. The summed E-state index contributed by atoms with van der Waals surface area (Å²) in [5.41, 5.74) is 1.78. The molecular formula is C17H28FN3. The second-order valence-corrected chi connectivity index (χ2v) is 5.79. The summed E-state index contributed by atoms with van der Waals surface area (Å²) in [6, 6.07) is 5.66. The van der Waals surface area contributed by atoms with E-state index in [-0.39, 0.29) is 5.82 Å². The van der Waals surface area contributed by atoms with E-state index < -0.39 is 0 Å². The lowest BCUT2D eigenvalue weighted by Gasteiger charge is -2.36. The van der Waals surface area contributed by atoms with Gasteiger partial charge in [0.2, 0.25) is 0 Å². The number of nitrogens with one attached hydrogen (secondary N) is 1. The number of anilines is 1. The van der Waals surface area contributed by atoms with Gasteiger partial charge in [0.1, 0.15) is 5.82 Å². The molecule has 1 aliphatic heterocycles. The van der Waals surface area contributed by atoms with Gasteiger partial charge in [-0.2, -0.15) is 0 Å². The van der Waals surface area contributed by atoms with Crippen LogP contribution in [0.2, 0.25) is 0 Å². The van der Waals surface area contributed by atoms with Crippen LogP contribution in [0, 0.1) is 5.82 Å². The molecule has 0 aromatic heterocycles. The minimum absolute atomic E-state index is 0.0882. The van der Waals surface area contributed by atoms with Crippen molar-refractivity contribution in [2.24, 2.45) is 0 Å². The van der Waals surface area contributed by atoms with Crippen LogP contribution in [-0.4, -0.2) is 44.2 Å². The molecule has 1 saturated heterocycles. The van der Waals surface area contributed by atoms with Gasteiger partial charge in [-0.1, -0.05) is 19.9 Å². The molecule has 0 bridgehead atoms. The minimum Gasteiger partial charge on any atom is -0.367 e. The highest BCUT2D eigenvalue weighted by Gasteiger charge is 2.18. The molecule has 0 atom stereocenters. The molecule has 1 aromatic rings. The molecule has 1 aliphatic rings. The van der Waals surface area contributed by atoms with Gasteiger partial charge in [-0.05, 0) is 43.6 Å². The Kier molecular flexibility index (Phi) is 6.46. The van der Waals surface area contributed by atoms with Gasteiger partial charge in [0.05, 0.1) is 5.69 Å². The Morgan fingerprint density at radius 3 is 2.48 bits per heavy atom. The molecule has 21 heavy (non-hydrogen) atoms. The summed E-state index contributed by atoms with van der Waals surface area (Å²) in [6.07, 6.45) is 2.29. The van der Waals surface area contributed by atoms with Crippen molar-refractivity contribution in [1.82, 2.24) is 10.2 Å². The van der Waals surface area contributed by atoms with E-state index in [1.54, 1.807) is 6.07 Å². The highest BCUT2D eigenvalue weighted by atomic mass is 19.1. The van der Waals surface area contributed by atoms with Crippen molar-refractivity contribution < 1.29 is 4.39 Å². The zero-order chi connectivity index (χ0) is 15.1. The number of hydrogen-bond acceptors (Lipinski definition) is 3. The Balaban J connectivity index is 1.92. The summed E-state index contributed by atoms with van der Waals surface area (Å²) in [6.45, 7) is 11.1. The zero-order valence-corrected chi connectivity index (χ0v) is 13.4. The smallest absolute Gasteiger partial charge is 0.146 e. The van der Waals surface area contributed by atoms with Gasteiger partial charge in [0, 0.05) is 32.7 Å². The summed E-state index contributed by atoms with van der Waals surface area (Å²) < 4.78 is 14.3. The maximum Gasteiger partial charge on any atom is 0.146 e.